The van der Waals surface area contributed by atoms with Gasteiger partial charge in [0.15, 0.2) is 0 Å². The zero-order valence-electron chi connectivity index (χ0n) is 8.40. The highest BCUT2D eigenvalue weighted by atomic mass is 16.5. The Labute approximate surface area is 88.7 Å². The zero-order chi connectivity index (χ0) is 10.7. The molecule has 1 fully saturated rings. The number of fused-ring (bicyclic) bond motifs is 2. The van der Waals surface area contributed by atoms with Crippen LogP contribution in [-0.4, -0.2) is 13.2 Å². The third-order valence-corrected chi connectivity index (χ3v) is 3.37. The average molecular weight is 204 g/mol. The van der Waals surface area contributed by atoms with E-state index in [1.54, 1.807) is 12.5 Å². The van der Waals surface area contributed by atoms with Crippen LogP contribution in [0.3, 0.4) is 0 Å². The number of nitriles is 2. The van der Waals surface area contributed by atoms with Crippen LogP contribution in [0.2, 0.25) is 0 Å². The molecular formula is C11H12N2O2. The monoisotopic (exact) mass is 204 g/mol. The lowest BCUT2D eigenvalue weighted by Crippen LogP contribution is -2.16. The van der Waals surface area contributed by atoms with Gasteiger partial charge < -0.3 is 9.47 Å². The molecule has 2 rings (SSSR count). The molecule has 0 aromatic carbocycles. The van der Waals surface area contributed by atoms with Crippen LogP contribution in [0.5, 0.6) is 0 Å². The number of ether oxygens (including phenoxy) is 2. The van der Waals surface area contributed by atoms with Gasteiger partial charge in [0.25, 0.3) is 12.5 Å². The highest BCUT2D eigenvalue weighted by Gasteiger charge is 2.38. The van der Waals surface area contributed by atoms with E-state index in [1.807, 2.05) is 0 Å². The van der Waals surface area contributed by atoms with Crippen molar-refractivity contribution in [3.8, 4) is 12.5 Å². The SMILES string of the molecule is N#COCC1=C2CC(COC#N)C(C1)C2. The molecule has 15 heavy (non-hydrogen) atoms. The van der Waals surface area contributed by atoms with Gasteiger partial charge in [-0.3, -0.25) is 0 Å². The molecule has 0 spiro atoms. The number of nitrogens with zero attached hydrogens (tertiary/aromatic N) is 2. The zero-order valence-corrected chi connectivity index (χ0v) is 8.40. The highest BCUT2D eigenvalue weighted by molar-refractivity contribution is 5.28. The van der Waals surface area contributed by atoms with Crippen molar-refractivity contribution in [1.29, 1.82) is 10.5 Å². The lowest BCUT2D eigenvalue weighted by atomic mass is 9.89. The van der Waals surface area contributed by atoms with Gasteiger partial charge >= 0.3 is 0 Å². The summed E-state index contributed by atoms with van der Waals surface area (Å²) in [7, 11) is 0. The Kier molecular flexibility index (Phi) is 2.78. The molecule has 0 radical (unpaired) electrons. The van der Waals surface area contributed by atoms with Crippen molar-refractivity contribution < 1.29 is 9.47 Å². The molecule has 2 aliphatic carbocycles. The van der Waals surface area contributed by atoms with Gasteiger partial charge in [0.05, 0.1) is 0 Å². The number of hydrogen-bond donors (Lipinski definition) is 0. The summed E-state index contributed by atoms with van der Waals surface area (Å²) in [6.45, 7) is 0.991. The molecule has 2 bridgehead atoms. The molecule has 0 amide bonds. The number of hydrogen-bond acceptors (Lipinski definition) is 4. The predicted octanol–water partition coefficient (Wildman–Crippen LogP) is 1.71. The molecule has 1 saturated carbocycles. The van der Waals surface area contributed by atoms with Crippen LogP contribution in [0.25, 0.3) is 0 Å². The first-order valence-corrected chi connectivity index (χ1v) is 5.06. The maximum absolute atomic E-state index is 8.32. The maximum Gasteiger partial charge on any atom is 0.286 e. The largest absolute Gasteiger partial charge is 0.427 e. The van der Waals surface area contributed by atoms with E-state index in [2.05, 4.69) is 0 Å². The van der Waals surface area contributed by atoms with E-state index in [0.29, 0.717) is 25.0 Å². The van der Waals surface area contributed by atoms with Crippen molar-refractivity contribution in [3.63, 3.8) is 0 Å². The first kappa shape index (κ1) is 9.86. The molecule has 0 heterocycles. The molecule has 0 aliphatic heterocycles. The van der Waals surface area contributed by atoms with Gasteiger partial charge in [-0.2, -0.15) is 10.5 Å². The second-order valence-electron chi connectivity index (χ2n) is 4.12. The second-order valence-corrected chi connectivity index (χ2v) is 4.12. The average Bonchev–Trinajstić information content (AvgIpc) is 2.82. The Bertz CT molecular complexity index is 362. The number of allylic oxidation sites excluding steroid dienone is 1. The van der Waals surface area contributed by atoms with Gasteiger partial charge in [-0.25, -0.2) is 0 Å². The van der Waals surface area contributed by atoms with Gasteiger partial charge in [0, 0.05) is 5.92 Å². The van der Waals surface area contributed by atoms with E-state index in [9.17, 15) is 0 Å². The lowest BCUT2D eigenvalue weighted by Gasteiger charge is -2.19. The molecule has 78 valence electrons. The van der Waals surface area contributed by atoms with Crippen molar-refractivity contribution in [2.75, 3.05) is 13.2 Å². The molecular weight excluding hydrogens is 192 g/mol. The standard InChI is InChI=1S/C11H12N2O2/c12-6-14-4-10-2-8-1-9(10)3-11(8)5-15-7-13/h8,11H,1-5H2. The Hall–Kier alpha value is -1.68. The molecule has 0 N–H and O–H groups in total. The van der Waals surface area contributed by atoms with Crippen LogP contribution in [-0.2, 0) is 9.47 Å². The first-order chi connectivity index (χ1) is 7.35. The van der Waals surface area contributed by atoms with E-state index in [-0.39, 0.29) is 0 Å². The van der Waals surface area contributed by atoms with Gasteiger partial charge in [0.2, 0.25) is 0 Å². The van der Waals surface area contributed by atoms with Gasteiger partial charge in [0.1, 0.15) is 13.2 Å². The number of rotatable bonds is 4. The fraction of sp³-hybridized carbons (Fsp3) is 0.636. The van der Waals surface area contributed by atoms with Crippen molar-refractivity contribution in [2.45, 2.75) is 19.3 Å². The van der Waals surface area contributed by atoms with E-state index in [1.165, 1.54) is 11.1 Å². The Balaban J connectivity index is 1.90. The summed E-state index contributed by atoms with van der Waals surface area (Å²) in [5, 5.41) is 16.6. The predicted molar refractivity (Wildman–Crippen MR) is 51.0 cm³/mol. The molecule has 2 aliphatic rings. The van der Waals surface area contributed by atoms with Gasteiger partial charge in [-0.1, -0.05) is 5.57 Å². The first-order valence-electron chi connectivity index (χ1n) is 5.06. The van der Waals surface area contributed by atoms with Gasteiger partial charge in [-0.05, 0) is 30.8 Å². The summed E-state index contributed by atoms with van der Waals surface area (Å²) in [5.41, 5.74) is 2.71. The van der Waals surface area contributed by atoms with E-state index < -0.39 is 0 Å². The molecule has 0 aromatic heterocycles. The highest BCUT2D eigenvalue weighted by Crippen LogP contribution is 2.48. The normalized spacial score (nSPS) is 27.3. The Morgan fingerprint density at radius 2 is 1.93 bits per heavy atom. The smallest absolute Gasteiger partial charge is 0.286 e. The van der Waals surface area contributed by atoms with Crippen LogP contribution >= 0.6 is 0 Å². The topological polar surface area (TPSA) is 66.0 Å². The molecule has 2 atom stereocenters. The van der Waals surface area contributed by atoms with Crippen molar-refractivity contribution in [3.05, 3.63) is 11.1 Å². The summed E-state index contributed by atoms with van der Waals surface area (Å²) in [6.07, 6.45) is 6.53. The fourth-order valence-electron chi connectivity index (χ4n) is 2.66. The van der Waals surface area contributed by atoms with E-state index in [4.69, 9.17) is 20.0 Å². The van der Waals surface area contributed by atoms with Crippen molar-refractivity contribution >= 4 is 0 Å². The van der Waals surface area contributed by atoms with Crippen LogP contribution in [0.15, 0.2) is 11.1 Å². The molecule has 4 heteroatoms. The third kappa shape index (κ3) is 1.89. The van der Waals surface area contributed by atoms with E-state index in [0.717, 1.165) is 19.3 Å². The second kappa shape index (κ2) is 4.23. The quantitative estimate of drug-likeness (QED) is 0.516. The molecule has 0 aromatic rings. The minimum Gasteiger partial charge on any atom is -0.427 e. The minimum atomic E-state index is 0.453. The van der Waals surface area contributed by atoms with Crippen LogP contribution < -0.4 is 0 Å². The fourth-order valence-corrected chi connectivity index (χ4v) is 2.66. The third-order valence-electron chi connectivity index (χ3n) is 3.37. The lowest BCUT2D eigenvalue weighted by molar-refractivity contribution is 0.178. The van der Waals surface area contributed by atoms with Crippen LogP contribution in [0.1, 0.15) is 19.3 Å². The molecule has 2 unspecified atom stereocenters. The molecule has 0 saturated heterocycles. The maximum atomic E-state index is 8.32. The van der Waals surface area contributed by atoms with Gasteiger partial charge in [-0.15, -0.1) is 0 Å². The minimum absolute atomic E-state index is 0.453. The van der Waals surface area contributed by atoms with Crippen molar-refractivity contribution in [1.82, 2.24) is 0 Å². The summed E-state index contributed by atoms with van der Waals surface area (Å²) in [5.74, 6) is 1.09. The van der Waals surface area contributed by atoms with Crippen LogP contribution in [0.4, 0.5) is 0 Å². The van der Waals surface area contributed by atoms with Crippen molar-refractivity contribution in [2.24, 2.45) is 11.8 Å². The summed E-state index contributed by atoms with van der Waals surface area (Å²) >= 11 is 0. The van der Waals surface area contributed by atoms with E-state index >= 15 is 0 Å². The Morgan fingerprint density at radius 3 is 2.53 bits per heavy atom. The summed E-state index contributed by atoms with van der Waals surface area (Å²) < 4.78 is 9.54. The Morgan fingerprint density at radius 1 is 1.13 bits per heavy atom. The summed E-state index contributed by atoms with van der Waals surface area (Å²) in [6, 6.07) is 0. The summed E-state index contributed by atoms with van der Waals surface area (Å²) in [4.78, 5) is 0. The van der Waals surface area contributed by atoms with Crippen LogP contribution in [0, 0.1) is 34.9 Å². The molecule has 4 nitrogen and oxygen atoms in total.